The van der Waals surface area contributed by atoms with Crippen molar-refractivity contribution in [1.29, 1.82) is 0 Å². The van der Waals surface area contributed by atoms with Crippen molar-refractivity contribution in [2.24, 2.45) is 0 Å². The molecule has 2 aromatic rings. The minimum Gasteiger partial charge on any atom is -0.508 e. The van der Waals surface area contributed by atoms with E-state index in [4.69, 9.17) is 11.6 Å². The third kappa shape index (κ3) is 2.13. The van der Waals surface area contributed by atoms with Crippen LogP contribution in [0.1, 0.15) is 11.8 Å². The first kappa shape index (κ1) is 10.5. The van der Waals surface area contributed by atoms with E-state index in [1.807, 2.05) is 6.07 Å². The molecule has 4 heteroatoms. The van der Waals surface area contributed by atoms with Crippen molar-refractivity contribution in [3.8, 4) is 17.0 Å². The van der Waals surface area contributed by atoms with Crippen molar-refractivity contribution < 1.29 is 5.11 Å². The van der Waals surface area contributed by atoms with Crippen LogP contribution in [0.25, 0.3) is 11.3 Å². The third-order valence-corrected chi connectivity index (χ3v) is 3.42. The van der Waals surface area contributed by atoms with Gasteiger partial charge < -0.3 is 5.11 Å². The molecule has 2 nitrogen and oxygen atoms in total. The maximum absolute atomic E-state index is 9.39. The van der Waals surface area contributed by atoms with Gasteiger partial charge >= 0.3 is 0 Å². The smallest absolute Gasteiger partial charge is 0.184 e. The molecule has 1 aromatic carbocycles. The SMILES string of the molecule is CCc1sc(Cl)nc1-c1cccc(O)c1. The van der Waals surface area contributed by atoms with Gasteiger partial charge in [0.15, 0.2) is 4.47 Å². The highest BCUT2D eigenvalue weighted by Crippen LogP contribution is 2.32. The zero-order chi connectivity index (χ0) is 10.8. The molecule has 0 fully saturated rings. The zero-order valence-electron chi connectivity index (χ0n) is 8.20. The fourth-order valence-electron chi connectivity index (χ4n) is 1.44. The molecule has 0 bridgehead atoms. The van der Waals surface area contributed by atoms with E-state index >= 15 is 0 Å². The van der Waals surface area contributed by atoms with Crippen LogP contribution in [-0.4, -0.2) is 10.1 Å². The van der Waals surface area contributed by atoms with Crippen LogP contribution in [0, 0.1) is 0 Å². The molecular weight excluding hydrogens is 230 g/mol. The number of aromatic nitrogens is 1. The Kier molecular flexibility index (Phi) is 2.93. The Morgan fingerprint density at radius 3 is 2.93 bits per heavy atom. The van der Waals surface area contributed by atoms with Crippen LogP contribution in [0.15, 0.2) is 24.3 Å². The summed E-state index contributed by atoms with van der Waals surface area (Å²) in [7, 11) is 0. The van der Waals surface area contributed by atoms with E-state index in [-0.39, 0.29) is 5.75 Å². The predicted molar refractivity (Wildman–Crippen MR) is 63.6 cm³/mol. The molecule has 2 rings (SSSR count). The standard InChI is InChI=1S/C11H10ClNOS/c1-2-9-10(13-11(12)15-9)7-4-3-5-8(14)6-7/h3-6,14H,2H2,1H3. The number of hydrogen-bond donors (Lipinski definition) is 1. The van der Waals surface area contributed by atoms with Crippen molar-refractivity contribution in [3.63, 3.8) is 0 Å². The Balaban J connectivity index is 2.53. The molecule has 1 N–H and O–H groups in total. The summed E-state index contributed by atoms with van der Waals surface area (Å²) in [5.74, 6) is 0.249. The van der Waals surface area contributed by atoms with E-state index in [9.17, 15) is 5.11 Å². The molecule has 0 radical (unpaired) electrons. The normalized spacial score (nSPS) is 10.5. The minimum absolute atomic E-state index is 0.249. The topological polar surface area (TPSA) is 33.1 Å². The number of nitrogens with zero attached hydrogens (tertiary/aromatic N) is 1. The lowest BCUT2D eigenvalue weighted by molar-refractivity contribution is 0.475. The lowest BCUT2D eigenvalue weighted by Gasteiger charge is -2.00. The molecule has 0 saturated carbocycles. The van der Waals surface area contributed by atoms with Gasteiger partial charge in [0.2, 0.25) is 0 Å². The summed E-state index contributed by atoms with van der Waals surface area (Å²) in [6.45, 7) is 2.07. The second kappa shape index (κ2) is 4.21. The number of thiazole rings is 1. The largest absolute Gasteiger partial charge is 0.508 e. The number of phenolic OH excluding ortho intramolecular Hbond substituents is 1. The molecule has 0 amide bonds. The average molecular weight is 240 g/mol. The molecule has 0 saturated heterocycles. The van der Waals surface area contributed by atoms with Crippen molar-refractivity contribution in [2.45, 2.75) is 13.3 Å². The fourth-order valence-corrected chi connectivity index (χ4v) is 2.55. The van der Waals surface area contributed by atoms with E-state index in [0.29, 0.717) is 4.47 Å². The first-order chi connectivity index (χ1) is 7.20. The Bertz CT molecular complexity index is 481. The zero-order valence-corrected chi connectivity index (χ0v) is 9.77. The van der Waals surface area contributed by atoms with Gasteiger partial charge in [0.25, 0.3) is 0 Å². The highest BCUT2D eigenvalue weighted by molar-refractivity contribution is 7.16. The van der Waals surface area contributed by atoms with Crippen LogP contribution in [0.5, 0.6) is 5.75 Å². The summed E-state index contributed by atoms with van der Waals surface area (Å²) in [6.07, 6.45) is 0.898. The second-order valence-corrected chi connectivity index (χ2v) is 4.81. The average Bonchev–Trinajstić information content (AvgIpc) is 2.59. The van der Waals surface area contributed by atoms with Crippen molar-refractivity contribution in [1.82, 2.24) is 4.98 Å². The highest BCUT2D eigenvalue weighted by atomic mass is 35.5. The van der Waals surface area contributed by atoms with E-state index in [1.54, 1.807) is 18.2 Å². The summed E-state index contributed by atoms with van der Waals surface area (Å²) in [5.41, 5.74) is 1.79. The van der Waals surface area contributed by atoms with E-state index in [1.165, 1.54) is 11.3 Å². The number of hydrogen-bond acceptors (Lipinski definition) is 3. The van der Waals surface area contributed by atoms with Gasteiger partial charge in [0.05, 0.1) is 5.69 Å². The Morgan fingerprint density at radius 2 is 2.27 bits per heavy atom. The van der Waals surface area contributed by atoms with Crippen molar-refractivity contribution in [3.05, 3.63) is 33.6 Å². The molecule has 0 unspecified atom stereocenters. The van der Waals surface area contributed by atoms with Crippen LogP contribution in [0.3, 0.4) is 0 Å². The summed E-state index contributed by atoms with van der Waals surface area (Å²) in [6, 6.07) is 7.06. The summed E-state index contributed by atoms with van der Waals surface area (Å²) < 4.78 is 0.546. The monoisotopic (exact) mass is 239 g/mol. The van der Waals surface area contributed by atoms with Gasteiger partial charge in [-0.25, -0.2) is 4.98 Å². The first-order valence-electron chi connectivity index (χ1n) is 4.65. The van der Waals surface area contributed by atoms with Gasteiger partial charge in [-0.3, -0.25) is 0 Å². The number of halogens is 1. The number of benzene rings is 1. The Morgan fingerprint density at radius 1 is 1.47 bits per heavy atom. The van der Waals surface area contributed by atoms with Gasteiger partial charge in [0, 0.05) is 10.4 Å². The maximum Gasteiger partial charge on any atom is 0.184 e. The van der Waals surface area contributed by atoms with Crippen LogP contribution in [0.2, 0.25) is 4.47 Å². The third-order valence-electron chi connectivity index (χ3n) is 2.11. The number of aromatic hydroxyl groups is 1. The lowest BCUT2D eigenvalue weighted by Crippen LogP contribution is -1.82. The summed E-state index contributed by atoms with van der Waals surface area (Å²) >= 11 is 7.37. The van der Waals surface area contributed by atoms with Crippen LogP contribution >= 0.6 is 22.9 Å². The summed E-state index contributed by atoms with van der Waals surface area (Å²) in [4.78, 5) is 5.41. The molecule has 0 atom stereocenters. The molecule has 1 heterocycles. The summed E-state index contributed by atoms with van der Waals surface area (Å²) in [5, 5.41) is 9.39. The quantitative estimate of drug-likeness (QED) is 0.866. The van der Waals surface area contributed by atoms with Crippen molar-refractivity contribution in [2.75, 3.05) is 0 Å². The lowest BCUT2D eigenvalue weighted by atomic mass is 10.1. The van der Waals surface area contributed by atoms with Crippen molar-refractivity contribution >= 4 is 22.9 Å². The first-order valence-corrected chi connectivity index (χ1v) is 5.84. The van der Waals surface area contributed by atoms with Gasteiger partial charge in [-0.1, -0.05) is 30.7 Å². The van der Waals surface area contributed by atoms with E-state index < -0.39 is 0 Å². The Hall–Kier alpha value is -1.06. The number of rotatable bonds is 2. The van der Waals surface area contributed by atoms with Crippen LogP contribution in [0.4, 0.5) is 0 Å². The molecule has 15 heavy (non-hydrogen) atoms. The molecule has 0 aliphatic rings. The van der Waals surface area contributed by atoms with Gasteiger partial charge in [-0.15, -0.1) is 11.3 Å². The molecule has 0 spiro atoms. The van der Waals surface area contributed by atoms with E-state index in [0.717, 1.165) is 22.6 Å². The van der Waals surface area contributed by atoms with Gasteiger partial charge in [0.1, 0.15) is 5.75 Å². The molecule has 78 valence electrons. The molecule has 0 aliphatic heterocycles. The van der Waals surface area contributed by atoms with Gasteiger partial charge in [-0.2, -0.15) is 0 Å². The highest BCUT2D eigenvalue weighted by Gasteiger charge is 2.10. The molecule has 0 aliphatic carbocycles. The fraction of sp³-hybridized carbons (Fsp3) is 0.182. The number of phenols is 1. The Labute approximate surface area is 97.2 Å². The minimum atomic E-state index is 0.249. The van der Waals surface area contributed by atoms with Gasteiger partial charge in [-0.05, 0) is 18.6 Å². The predicted octanol–water partition coefficient (Wildman–Crippen LogP) is 3.73. The van der Waals surface area contributed by atoms with E-state index in [2.05, 4.69) is 11.9 Å². The maximum atomic E-state index is 9.39. The number of aryl methyl sites for hydroxylation is 1. The van der Waals surface area contributed by atoms with Crippen LogP contribution in [-0.2, 0) is 6.42 Å². The molecule has 1 aromatic heterocycles. The molecular formula is C11H10ClNOS. The second-order valence-electron chi connectivity index (χ2n) is 3.14. The van der Waals surface area contributed by atoms with Crippen LogP contribution < -0.4 is 0 Å².